The van der Waals surface area contributed by atoms with Crippen molar-refractivity contribution in [1.82, 2.24) is 0 Å². The number of fused-ring (bicyclic) bond motifs is 2. The second-order valence-electron chi connectivity index (χ2n) is 3.64. The minimum atomic E-state index is -0.147. The number of carbonyl (C=O) groups is 2. The van der Waals surface area contributed by atoms with Gasteiger partial charge in [-0.2, -0.15) is 0 Å². The molecule has 16 heavy (non-hydrogen) atoms. The first-order valence-corrected chi connectivity index (χ1v) is 4.98. The minimum Gasteiger partial charge on any atom is -0.282 e. The zero-order valence-electron chi connectivity index (χ0n) is 8.38. The van der Waals surface area contributed by atoms with Gasteiger partial charge in [0.05, 0.1) is 0 Å². The summed E-state index contributed by atoms with van der Waals surface area (Å²) in [5.74, 6) is -0.249. The van der Waals surface area contributed by atoms with E-state index in [4.69, 9.17) is 0 Å². The topological polar surface area (TPSA) is 38.0 Å². The number of aromatic nitrogens is 1. The summed E-state index contributed by atoms with van der Waals surface area (Å²) in [4.78, 5) is 24.1. The lowest BCUT2D eigenvalue weighted by Crippen LogP contribution is -2.51. The lowest BCUT2D eigenvalue weighted by atomic mass is 9.96. The van der Waals surface area contributed by atoms with Gasteiger partial charge < -0.3 is 0 Å². The molecule has 2 aromatic rings. The van der Waals surface area contributed by atoms with Gasteiger partial charge in [-0.15, -0.1) is 4.57 Å². The number of hydrogen-bond donors (Lipinski definition) is 0. The van der Waals surface area contributed by atoms with Gasteiger partial charge in [0.15, 0.2) is 6.20 Å². The van der Waals surface area contributed by atoms with Gasteiger partial charge in [0, 0.05) is 17.7 Å². The first-order chi connectivity index (χ1) is 7.79. The third-order valence-electron chi connectivity index (χ3n) is 2.71. The summed E-state index contributed by atoms with van der Waals surface area (Å²) in [5.41, 5.74) is 1.38. The second-order valence-corrected chi connectivity index (χ2v) is 3.64. The van der Waals surface area contributed by atoms with E-state index in [0.717, 1.165) is 0 Å². The monoisotopic (exact) mass is 210 g/mol. The molecule has 0 aliphatic carbocycles. The SMILES string of the molecule is O=C1c2ccccc2C(=O)[n+]2ccccc21. The summed E-state index contributed by atoms with van der Waals surface area (Å²) in [6.07, 6.45) is 1.62. The second kappa shape index (κ2) is 3.10. The van der Waals surface area contributed by atoms with Gasteiger partial charge in [0.2, 0.25) is 0 Å². The Balaban J connectivity index is 2.35. The molecule has 3 rings (SSSR count). The minimum absolute atomic E-state index is 0.101. The lowest BCUT2D eigenvalue weighted by molar-refractivity contribution is -0.573. The fourth-order valence-corrected chi connectivity index (χ4v) is 1.94. The highest BCUT2D eigenvalue weighted by Gasteiger charge is 2.36. The summed E-state index contributed by atoms with van der Waals surface area (Å²) in [6.45, 7) is 0. The van der Waals surface area contributed by atoms with Crippen LogP contribution in [0.5, 0.6) is 0 Å². The van der Waals surface area contributed by atoms with E-state index in [-0.39, 0.29) is 11.7 Å². The van der Waals surface area contributed by atoms with Gasteiger partial charge in [-0.25, -0.2) is 4.79 Å². The van der Waals surface area contributed by atoms with Crippen LogP contribution in [0.15, 0.2) is 48.7 Å². The number of ketones is 1. The van der Waals surface area contributed by atoms with Crippen LogP contribution in [0.25, 0.3) is 0 Å². The van der Waals surface area contributed by atoms with Crippen LogP contribution in [0.4, 0.5) is 0 Å². The summed E-state index contributed by atoms with van der Waals surface area (Å²) < 4.78 is 1.39. The molecule has 3 nitrogen and oxygen atoms in total. The highest BCUT2D eigenvalue weighted by atomic mass is 16.2. The van der Waals surface area contributed by atoms with Crippen molar-refractivity contribution in [3.63, 3.8) is 0 Å². The van der Waals surface area contributed by atoms with Crippen molar-refractivity contribution in [1.29, 1.82) is 0 Å². The van der Waals surface area contributed by atoms with E-state index < -0.39 is 0 Å². The molecule has 0 spiro atoms. The molecule has 1 aliphatic rings. The maximum absolute atomic E-state index is 12.1. The molecule has 0 unspecified atom stereocenters. The molecule has 0 N–H and O–H groups in total. The largest absolute Gasteiger partial charge is 0.426 e. The maximum atomic E-state index is 12.1. The van der Waals surface area contributed by atoms with Crippen molar-refractivity contribution in [2.45, 2.75) is 0 Å². The maximum Gasteiger partial charge on any atom is 0.426 e. The molecule has 3 heteroatoms. The Morgan fingerprint density at radius 2 is 1.50 bits per heavy atom. The zero-order chi connectivity index (χ0) is 11.1. The van der Waals surface area contributed by atoms with E-state index in [9.17, 15) is 9.59 Å². The molecule has 76 valence electrons. The molecule has 0 saturated heterocycles. The average molecular weight is 210 g/mol. The molecular formula is C13H8NO2+. The normalized spacial score (nSPS) is 13.2. The lowest BCUT2D eigenvalue weighted by Gasteiger charge is -2.09. The van der Waals surface area contributed by atoms with E-state index >= 15 is 0 Å². The summed E-state index contributed by atoms with van der Waals surface area (Å²) in [5, 5.41) is 0. The molecule has 0 bridgehead atoms. The fraction of sp³-hybridized carbons (Fsp3) is 0. The van der Waals surface area contributed by atoms with Crippen molar-refractivity contribution in [3.05, 3.63) is 65.5 Å². The number of hydrogen-bond acceptors (Lipinski definition) is 2. The van der Waals surface area contributed by atoms with Gasteiger partial charge in [-0.1, -0.05) is 12.1 Å². The zero-order valence-corrected chi connectivity index (χ0v) is 8.38. The molecule has 2 heterocycles. The Morgan fingerprint density at radius 3 is 2.31 bits per heavy atom. The molecule has 0 saturated carbocycles. The van der Waals surface area contributed by atoms with Crippen LogP contribution in [0.3, 0.4) is 0 Å². The number of pyridine rings is 1. The van der Waals surface area contributed by atoms with Gasteiger partial charge >= 0.3 is 5.91 Å². The van der Waals surface area contributed by atoms with Crippen LogP contribution < -0.4 is 4.57 Å². The quantitative estimate of drug-likeness (QED) is 0.523. The van der Waals surface area contributed by atoms with Crippen molar-refractivity contribution in [2.75, 3.05) is 0 Å². The van der Waals surface area contributed by atoms with Gasteiger partial charge in [0.1, 0.15) is 5.56 Å². The Kier molecular flexibility index (Phi) is 1.74. The Hall–Kier alpha value is -2.29. The fourth-order valence-electron chi connectivity index (χ4n) is 1.94. The van der Waals surface area contributed by atoms with Crippen LogP contribution in [-0.4, -0.2) is 11.7 Å². The van der Waals surface area contributed by atoms with E-state index in [0.29, 0.717) is 16.8 Å². The Morgan fingerprint density at radius 1 is 0.812 bits per heavy atom. The van der Waals surface area contributed by atoms with Crippen LogP contribution in [0.2, 0.25) is 0 Å². The van der Waals surface area contributed by atoms with Crippen molar-refractivity contribution in [2.24, 2.45) is 0 Å². The number of rotatable bonds is 0. The molecule has 0 amide bonds. The first kappa shape index (κ1) is 8.97. The van der Waals surface area contributed by atoms with E-state index in [2.05, 4.69) is 0 Å². The number of benzene rings is 1. The average Bonchev–Trinajstić information content (AvgIpc) is 2.36. The summed E-state index contributed by atoms with van der Waals surface area (Å²) in [7, 11) is 0. The predicted molar refractivity (Wildman–Crippen MR) is 56.2 cm³/mol. The number of carbonyl (C=O) groups excluding carboxylic acids is 2. The van der Waals surface area contributed by atoms with Crippen LogP contribution in [-0.2, 0) is 0 Å². The molecule has 0 atom stereocenters. The predicted octanol–water partition coefficient (Wildman–Crippen LogP) is 1.21. The Bertz CT molecular complexity index is 511. The highest BCUT2D eigenvalue weighted by Crippen LogP contribution is 2.16. The molecule has 1 aromatic carbocycles. The summed E-state index contributed by atoms with van der Waals surface area (Å²) in [6, 6.07) is 12.1. The molecule has 0 radical (unpaired) electrons. The third-order valence-corrected chi connectivity index (χ3v) is 2.71. The van der Waals surface area contributed by atoms with Crippen LogP contribution in [0, 0.1) is 0 Å². The molecule has 1 aromatic heterocycles. The van der Waals surface area contributed by atoms with Crippen molar-refractivity contribution < 1.29 is 14.2 Å². The third kappa shape index (κ3) is 1.05. The Labute approximate surface area is 92.0 Å². The van der Waals surface area contributed by atoms with Gasteiger partial charge in [-0.3, -0.25) is 4.79 Å². The van der Waals surface area contributed by atoms with E-state index in [1.165, 1.54) is 4.57 Å². The van der Waals surface area contributed by atoms with E-state index in [1.54, 1.807) is 48.7 Å². The highest BCUT2D eigenvalue weighted by molar-refractivity contribution is 6.15. The van der Waals surface area contributed by atoms with Crippen LogP contribution in [0.1, 0.15) is 26.4 Å². The van der Waals surface area contributed by atoms with E-state index in [1.807, 2.05) is 0 Å². The van der Waals surface area contributed by atoms with Crippen molar-refractivity contribution >= 4 is 11.7 Å². The standard InChI is InChI=1S/C13H8NO2/c15-12-9-5-1-2-6-10(9)13(16)14-8-4-3-7-11(12)14/h1-8H/q+1. The van der Waals surface area contributed by atoms with Crippen molar-refractivity contribution in [3.8, 4) is 0 Å². The van der Waals surface area contributed by atoms with Crippen LogP contribution >= 0.6 is 0 Å². The molecule has 1 aliphatic heterocycles. The number of nitrogens with zero attached hydrogens (tertiary/aromatic N) is 1. The molecular weight excluding hydrogens is 202 g/mol. The summed E-state index contributed by atoms with van der Waals surface area (Å²) >= 11 is 0. The van der Waals surface area contributed by atoms with Gasteiger partial charge in [-0.05, 0) is 18.2 Å². The molecule has 0 fully saturated rings. The first-order valence-electron chi connectivity index (χ1n) is 4.98. The van der Waals surface area contributed by atoms with Gasteiger partial charge in [0.25, 0.3) is 11.5 Å². The smallest absolute Gasteiger partial charge is 0.282 e.